The molecule has 2 rings (SSSR count). The molecule has 0 aliphatic carbocycles. The summed E-state index contributed by atoms with van der Waals surface area (Å²) >= 11 is 0. The highest BCUT2D eigenvalue weighted by molar-refractivity contribution is 5.81. The predicted molar refractivity (Wildman–Crippen MR) is 58.4 cm³/mol. The fourth-order valence-corrected chi connectivity index (χ4v) is 1.57. The Kier molecular flexibility index (Phi) is 2.50. The van der Waals surface area contributed by atoms with Crippen molar-refractivity contribution in [2.75, 3.05) is 20.6 Å². The lowest BCUT2D eigenvalue weighted by Gasteiger charge is -2.07. The van der Waals surface area contributed by atoms with Crippen molar-refractivity contribution in [3.63, 3.8) is 0 Å². The highest BCUT2D eigenvalue weighted by Crippen LogP contribution is 2.16. The van der Waals surface area contributed by atoms with Gasteiger partial charge in [0, 0.05) is 36.0 Å². The van der Waals surface area contributed by atoms with E-state index in [-0.39, 0.29) is 0 Å². The Balaban J connectivity index is 2.25. The van der Waals surface area contributed by atoms with Gasteiger partial charge in [-0.2, -0.15) is 0 Å². The van der Waals surface area contributed by atoms with Gasteiger partial charge in [0.1, 0.15) is 0 Å². The molecule has 0 unspecified atom stereocenters. The summed E-state index contributed by atoms with van der Waals surface area (Å²) in [5.41, 5.74) is 2.52. The van der Waals surface area contributed by atoms with E-state index in [1.165, 1.54) is 16.5 Å². The zero-order valence-corrected chi connectivity index (χ0v) is 8.62. The van der Waals surface area contributed by atoms with Gasteiger partial charge in [-0.15, -0.1) is 0 Å². The molecule has 0 saturated carbocycles. The number of pyridine rings is 1. The smallest absolute Gasteiger partial charge is 0.0487 e. The Morgan fingerprint density at radius 3 is 3.07 bits per heavy atom. The Morgan fingerprint density at radius 1 is 1.43 bits per heavy atom. The molecular weight excluding hydrogens is 174 g/mol. The van der Waals surface area contributed by atoms with E-state index >= 15 is 0 Å². The van der Waals surface area contributed by atoms with E-state index in [9.17, 15) is 0 Å². The van der Waals surface area contributed by atoms with Gasteiger partial charge >= 0.3 is 0 Å². The molecule has 2 aromatic heterocycles. The number of hydrogen-bond donors (Lipinski definition) is 1. The molecule has 0 bridgehead atoms. The second-order valence-corrected chi connectivity index (χ2v) is 3.79. The SMILES string of the molecule is CN(C)CCc1c[nH]c2ccncc12. The normalized spacial score (nSPS) is 11.4. The lowest BCUT2D eigenvalue weighted by Crippen LogP contribution is -2.14. The number of hydrogen-bond acceptors (Lipinski definition) is 2. The van der Waals surface area contributed by atoms with E-state index in [4.69, 9.17) is 0 Å². The Hall–Kier alpha value is -1.35. The molecule has 0 aliphatic rings. The van der Waals surface area contributed by atoms with Gasteiger partial charge in [-0.3, -0.25) is 4.98 Å². The van der Waals surface area contributed by atoms with Crippen LogP contribution in [0.3, 0.4) is 0 Å². The molecule has 0 amide bonds. The van der Waals surface area contributed by atoms with E-state index in [0.29, 0.717) is 0 Å². The molecule has 3 heteroatoms. The maximum atomic E-state index is 4.14. The second kappa shape index (κ2) is 3.80. The fraction of sp³-hybridized carbons (Fsp3) is 0.364. The Morgan fingerprint density at radius 2 is 2.29 bits per heavy atom. The summed E-state index contributed by atoms with van der Waals surface area (Å²) in [4.78, 5) is 9.58. The highest BCUT2D eigenvalue weighted by Gasteiger charge is 2.02. The topological polar surface area (TPSA) is 31.9 Å². The van der Waals surface area contributed by atoms with Crippen molar-refractivity contribution in [3.05, 3.63) is 30.2 Å². The molecule has 74 valence electrons. The van der Waals surface area contributed by atoms with Gasteiger partial charge < -0.3 is 9.88 Å². The number of fused-ring (bicyclic) bond motifs is 1. The van der Waals surface area contributed by atoms with Gasteiger partial charge in [0.05, 0.1) is 0 Å². The summed E-state index contributed by atoms with van der Waals surface area (Å²) in [5, 5.41) is 1.24. The summed E-state index contributed by atoms with van der Waals surface area (Å²) in [6.45, 7) is 1.07. The van der Waals surface area contributed by atoms with Crippen molar-refractivity contribution in [1.29, 1.82) is 0 Å². The van der Waals surface area contributed by atoms with Crippen molar-refractivity contribution < 1.29 is 0 Å². The molecular formula is C11H15N3. The molecule has 2 heterocycles. The van der Waals surface area contributed by atoms with Crippen molar-refractivity contribution in [2.45, 2.75) is 6.42 Å². The van der Waals surface area contributed by atoms with Crippen LogP contribution in [0.1, 0.15) is 5.56 Å². The maximum Gasteiger partial charge on any atom is 0.0487 e. The maximum absolute atomic E-state index is 4.14. The number of nitrogens with zero attached hydrogens (tertiary/aromatic N) is 2. The third kappa shape index (κ3) is 1.77. The molecule has 1 N–H and O–H groups in total. The van der Waals surface area contributed by atoms with Crippen molar-refractivity contribution in [2.24, 2.45) is 0 Å². The van der Waals surface area contributed by atoms with Crippen LogP contribution in [0.25, 0.3) is 10.9 Å². The first-order valence-corrected chi connectivity index (χ1v) is 4.82. The number of H-pyrrole nitrogens is 1. The van der Waals surface area contributed by atoms with E-state index in [1.807, 2.05) is 18.5 Å². The van der Waals surface area contributed by atoms with E-state index in [1.54, 1.807) is 0 Å². The van der Waals surface area contributed by atoms with Crippen LogP contribution in [0.4, 0.5) is 0 Å². The molecule has 0 atom stereocenters. The minimum absolute atomic E-state index is 1.07. The molecule has 2 aromatic rings. The number of aromatic amines is 1. The van der Waals surface area contributed by atoms with Crippen LogP contribution in [0.2, 0.25) is 0 Å². The molecule has 0 aliphatic heterocycles. The van der Waals surface area contributed by atoms with Crippen LogP contribution in [-0.4, -0.2) is 35.5 Å². The summed E-state index contributed by atoms with van der Waals surface area (Å²) in [7, 11) is 4.18. The van der Waals surface area contributed by atoms with Crippen molar-refractivity contribution in [3.8, 4) is 0 Å². The predicted octanol–water partition coefficient (Wildman–Crippen LogP) is 1.67. The summed E-state index contributed by atoms with van der Waals surface area (Å²) in [6, 6.07) is 2.01. The third-order valence-electron chi connectivity index (χ3n) is 2.40. The number of aromatic nitrogens is 2. The first-order valence-electron chi connectivity index (χ1n) is 4.82. The van der Waals surface area contributed by atoms with Crippen molar-refractivity contribution in [1.82, 2.24) is 14.9 Å². The molecule has 3 nitrogen and oxygen atoms in total. The summed E-state index contributed by atoms with van der Waals surface area (Å²) in [6.07, 6.45) is 6.89. The summed E-state index contributed by atoms with van der Waals surface area (Å²) < 4.78 is 0. The zero-order chi connectivity index (χ0) is 9.97. The highest BCUT2D eigenvalue weighted by atomic mass is 15.0. The number of nitrogens with one attached hydrogen (secondary N) is 1. The van der Waals surface area contributed by atoms with Gasteiger partial charge in [-0.05, 0) is 32.1 Å². The van der Waals surface area contributed by atoms with Gasteiger partial charge in [0.15, 0.2) is 0 Å². The lowest BCUT2D eigenvalue weighted by atomic mass is 10.1. The number of likely N-dealkylation sites (N-methyl/N-ethyl adjacent to an activating group) is 1. The van der Waals surface area contributed by atoms with Crippen LogP contribution in [-0.2, 0) is 6.42 Å². The van der Waals surface area contributed by atoms with Crippen molar-refractivity contribution >= 4 is 10.9 Å². The van der Waals surface area contributed by atoms with Gasteiger partial charge in [-0.25, -0.2) is 0 Å². The molecule has 0 radical (unpaired) electrons. The van der Waals surface area contributed by atoms with Crippen LogP contribution in [0.15, 0.2) is 24.7 Å². The molecule has 0 spiro atoms. The Bertz CT molecular complexity index is 417. The van der Waals surface area contributed by atoms with Crippen LogP contribution >= 0.6 is 0 Å². The van der Waals surface area contributed by atoms with E-state index < -0.39 is 0 Å². The lowest BCUT2D eigenvalue weighted by molar-refractivity contribution is 0.414. The summed E-state index contributed by atoms with van der Waals surface area (Å²) in [5.74, 6) is 0. The largest absolute Gasteiger partial charge is 0.361 e. The first-order chi connectivity index (χ1) is 6.77. The van der Waals surface area contributed by atoms with Gasteiger partial charge in [-0.1, -0.05) is 0 Å². The van der Waals surface area contributed by atoms with Crippen LogP contribution < -0.4 is 0 Å². The minimum Gasteiger partial charge on any atom is -0.361 e. The molecule has 14 heavy (non-hydrogen) atoms. The van der Waals surface area contributed by atoms with E-state index in [2.05, 4.69) is 35.2 Å². The fourth-order valence-electron chi connectivity index (χ4n) is 1.57. The van der Waals surface area contributed by atoms with Gasteiger partial charge in [0.25, 0.3) is 0 Å². The third-order valence-corrected chi connectivity index (χ3v) is 2.40. The zero-order valence-electron chi connectivity index (χ0n) is 8.62. The monoisotopic (exact) mass is 189 g/mol. The molecule has 0 saturated heterocycles. The first kappa shape index (κ1) is 9.21. The minimum atomic E-state index is 1.07. The number of rotatable bonds is 3. The average molecular weight is 189 g/mol. The Labute approximate surface area is 83.8 Å². The van der Waals surface area contributed by atoms with Crippen LogP contribution in [0, 0.1) is 0 Å². The van der Waals surface area contributed by atoms with E-state index in [0.717, 1.165) is 13.0 Å². The standard InChI is InChI=1S/C11H15N3/c1-14(2)6-4-9-7-13-11-3-5-12-8-10(9)11/h3,5,7-8,13H,4,6H2,1-2H3. The molecule has 0 aromatic carbocycles. The average Bonchev–Trinajstić information content (AvgIpc) is 2.58. The second-order valence-electron chi connectivity index (χ2n) is 3.79. The van der Waals surface area contributed by atoms with Gasteiger partial charge in [0.2, 0.25) is 0 Å². The quantitative estimate of drug-likeness (QED) is 0.796. The van der Waals surface area contributed by atoms with Crippen LogP contribution in [0.5, 0.6) is 0 Å². The molecule has 0 fully saturated rings.